The summed E-state index contributed by atoms with van der Waals surface area (Å²) in [6, 6.07) is 4.60. The Morgan fingerprint density at radius 1 is 1.42 bits per heavy atom. The molecule has 0 aromatic heterocycles. The molecule has 1 atom stereocenters. The van der Waals surface area contributed by atoms with E-state index in [0.29, 0.717) is 18.0 Å². The molecule has 0 aliphatic carbocycles. The highest BCUT2D eigenvalue weighted by Gasteiger charge is 2.17. The van der Waals surface area contributed by atoms with E-state index < -0.39 is 18.0 Å². The molecule has 3 amide bonds. The third kappa shape index (κ3) is 4.50. The lowest BCUT2D eigenvalue weighted by atomic mass is 10.2. The highest BCUT2D eigenvalue weighted by molar-refractivity contribution is 5.96. The molecule has 104 valence electrons. The van der Waals surface area contributed by atoms with Crippen molar-refractivity contribution in [1.82, 2.24) is 10.6 Å². The van der Waals surface area contributed by atoms with Crippen molar-refractivity contribution in [3.05, 3.63) is 23.8 Å². The number of carbonyl (C=O) groups is 2. The summed E-state index contributed by atoms with van der Waals surface area (Å²) in [6.07, 6.45) is -0.773. The van der Waals surface area contributed by atoms with E-state index in [-0.39, 0.29) is 0 Å². The molecule has 0 radical (unpaired) electrons. The molecule has 0 fully saturated rings. The minimum atomic E-state index is -0.773. The van der Waals surface area contributed by atoms with Crippen LogP contribution in [0, 0.1) is 6.92 Å². The van der Waals surface area contributed by atoms with Gasteiger partial charge in [0.15, 0.2) is 6.10 Å². The van der Waals surface area contributed by atoms with E-state index in [1.165, 1.54) is 0 Å². The highest BCUT2D eigenvalue weighted by Crippen LogP contribution is 2.19. The van der Waals surface area contributed by atoms with Crippen LogP contribution in [0.25, 0.3) is 0 Å². The molecule has 1 aromatic rings. The van der Waals surface area contributed by atoms with E-state index in [1.807, 2.05) is 6.92 Å². The number of carbonyl (C=O) groups excluding carboxylic acids is 2. The molecule has 0 saturated carbocycles. The first kappa shape index (κ1) is 14.8. The second-order valence-corrected chi connectivity index (χ2v) is 4.13. The van der Waals surface area contributed by atoms with Gasteiger partial charge in [0.05, 0.1) is 0 Å². The number of nitrogens with one attached hydrogen (secondary N) is 2. The summed E-state index contributed by atoms with van der Waals surface area (Å²) >= 11 is 0. The number of aryl methyl sites for hydroxylation is 1. The summed E-state index contributed by atoms with van der Waals surface area (Å²) in [5.74, 6) is 0.0330. The average molecular weight is 265 g/mol. The van der Waals surface area contributed by atoms with Crippen LogP contribution >= 0.6 is 0 Å². The highest BCUT2D eigenvalue weighted by atomic mass is 16.5. The van der Waals surface area contributed by atoms with Gasteiger partial charge in [-0.2, -0.15) is 0 Å². The van der Waals surface area contributed by atoms with Crippen LogP contribution < -0.4 is 21.1 Å². The first-order valence-corrected chi connectivity index (χ1v) is 6.05. The zero-order valence-electron chi connectivity index (χ0n) is 11.3. The number of nitrogen functional groups attached to an aromatic ring is 1. The van der Waals surface area contributed by atoms with Gasteiger partial charge >= 0.3 is 6.03 Å². The van der Waals surface area contributed by atoms with Crippen LogP contribution in [-0.2, 0) is 4.79 Å². The Labute approximate surface area is 112 Å². The van der Waals surface area contributed by atoms with Gasteiger partial charge in [-0.3, -0.25) is 10.1 Å². The van der Waals surface area contributed by atoms with Crippen LogP contribution in [-0.4, -0.2) is 24.6 Å². The normalized spacial score (nSPS) is 11.5. The number of amides is 3. The van der Waals surface area contributed by atoms with Crippen molar-refractivity contribution in [1.29, 1.82) is 0 Å². The number of rotatable bonds is 4. The lowest BCUT2D eigenvalue weighted by molar-refractivity contribution is -0.126. The summed E-state index contributed by atoms with van der Waals surface area (Å²) in [4.78, 5) is 22.9. The Morgan fingerprint density at radius 3 is 2.68 bits per heavy atom. The number of hydrogen-bond donors (Lipinski definition) is 3. The third-order valence-corrected chi connectivity index (χ3v) is 2.50. The number of benzene rings is 1. The third-order valence-electron chi connectivity index (χ3n) is 2.50. The summed E-state index contributed by atoms with van der Waals surface area (Å²) in [7, 11) is 0. The molecular formula is C13H19N3O3. The van der Waals surface area contributed by atoms with Gasteiger partial charge in [-0.05, 0) is 44.5 Å². The van der Waals surface area contributed by atoms with Crippen molar-refractivity contribution >= 4 is 17.6 Å². The molecule has 0 saturated heterocycles. The summed E-state index contributed by atoms with van der Waals surface area (Å²) < 4.78 is 5.44. The maximum Gasteiger partial charge on any atom is 0.321 e. The standard InChI is InChI=1S/C13H19N3O3/c1-4-15-13(18)16-12(17)9(3)19-10-5-6-11(14)8(2)7-10/h5-7,9H,4,14H2,1-3H3,(H2,15,16,17,18). The first-order chi connectivity index (χ1) is 8.93. The van der Waals surface area contributed by atoms with Gasteiger partial charge < -0.3 is 15.8 Å². The number of ether oxygens (including phenoxy) is 1. The Morgan fingerprint density at radius 2 is 2.11 bits per heavy atom. The van der Waals surface area contributed by atoms with E-state index in [1.54, 1.807) is 32.0 Å². The van der Waals surface area contributed by atoms with Crippen LogP contribution in [0.3, 0.4) is 0 Å². The second kappa shape index (κ2) is 6.63. The van der Waals surface area contributed by atoms with E-state index in [0.717, 1.165) is 5.56 Å². The monoisotopic (exact) mass is 265 g/mol. The van der Waals surface area contributed by atoms with Gasteiger partial charge in [-0.1, -0.05) is 0 Å². The van der Waals surface area contributed by atoms with Crippen molar-refractivity contribution in [2.24, 2.45) is 0 Å². The molecule has 19 heavy (non-hydrogen) atoms. The van der Waals surface area contributed by atoms with Crippen LogP contribution in [0.2, 0.25) is 0 Å². The van der Waals surface area contributed by atoms with Gasteiger partial charge in [-0.15, -0.1) is 0 Å². The Hall–Kier alpha value is -2.24. The average Bonchev–Trinajstić information content (AvgIpc) is 2.34. The fraction of sp³-hybridized carbons (Fsp3) is 0.385. The van der Waals surface area contributed by atoms with Gasteiger partial charge in [0.2, 0.25) is 0 Å². The number of imide groups is 1. The predicted molar refractivity (Wildman–Crippen MR) is 72.9 cm³/mol. The molecule has 0 aliphatic heterocycles. The SMILES string of the molecule is CCNC(=O)NC(=O)C(C)Oc1ccc(N)c(C)c1. The fourth-order valence-electron chi connectivity index (χ4n) is 1.40. The zero-order chi connectivity index (χ0) is 14.4. The molecule has 1 rings (SSSR count). The minimum absolute atomic E-state index is 0.450. The number of anilines is 1. The Kier molecular flexibility index (Phi) is 5.17. The number of urea groups is 1. The lowest BCUT2D eigenvalue weighted by Gasteiger charge is -2.15. The first-order valence-electron chi connectivity index (χ1n) is 6.05. The topological polar surface area (TPSA) is 93.5 Å². The number of hydrogen-bond acceptors (Lipinski definition) is 4. The molecule has 4 N–H and O–H groups in total. The van der Waals surface area contributed by atoms with Gasteiger partial charge in [0.25, 0.3) is 5.91 Å². The molecule has 0 heterocycles. The molecule has 0 aliphatic rings. The van der Waals surface area contributed by atoms with Crippen molar-refractivity contribution in [2.45, 2.75) is 26.9 Å². The molecule has 0 spiro atoms. The van der Waals surface area contributed by atoms with Crippen LogP contribution in [0.15, 0.2) is 18.2 Å². The van der Waals surface area contributed by atoms with E-state index in [4.69, 9.17) is 10.5 Å². The van der Waals surface area contributed by atoms with Crippen molar-refractivity contribution in [3.8, 4) is 5.75 Å². The molecule has 6 heteroatoms. The quantitative estimate of drug-likeness (QED) is 0.713. The largest absolute Gasteiger partial charge is 0.481 e. The molecule has 0 bridgehead atoms. The maximum atomic E-state index is 11.7. The minimum Gasteiger partial charge on any atom is -0.481 e. The maximum absolute atomic E-state index is 11.7. The van der Waals surface area contributed by atoms with E-state index in [9.17, 15) is 9.59 Å². The molecule has 1 unspecified atom stereocenters. The molecule has 1 aromatic carbocycles. The summed E-state index contributed by atoms with van der Waals surface area (Å²) in [5, 5.41) is 4.66. The fourth-order valence-corrected chi connectivity index (χ4v) is 1.40. The molecule has 6 nitrogen and oxygen atoms in total. The second-order valence-electron chi connectivity index (χ2n) is 4.13. The zero-order valence-corrected chi connectivity index (χ0v) is 11.3. The summed E-state index contributed by atoms with van der Waals surface area (Å²) in [6.45, 7) is 5.63. The van der Waals surface area contributed by atoms with Gasteiger partial charge in [-0.25, -0.2) is 4.79 Å². The Balaban J connectivity index is 2.58. The lowest BCUT2D eigenvalue weighted by Crippen LogP contribution is -2.45. The van der Waals surface area contributed by atoms with Crippen LogP contribution in [0.4, 0.5) is 10.5 Å². The van der Waals surface area contributed by atoms with Gasteiger partial charge in [0, 0.05) is 12.2 Å². The number of nitrogens with two attached hydrogens (primary N) is 1. The van der Waals surface area contributed by atoms with Gasteiger partial charge in [0.1, 0.15) is 5.75 Å². The van der Waals surface area contributed by atoms with Crippen LogP contribution in [0.5, 0.6) is 5.75 Å². The van der Waals surface area contributed by atoms with E-state index in [2.05, 4.69) is 10.6 Å². The Bertz CT molecular complexity index is 474. The molecular weight excluding hydrogens is 246 g/mol. The van der Waals surface area contributed by atoms with Crippen molar-refractivity contribution in [2.75, 3.05) is 12.3 Å². The van der Waals surface area contributed by atoms with Crippen LogP contribution in [0.1, 0.15) is 19.4 Å². The predicted octanol–water partition coefficient (Wildman–Crippen LogP) is 1.19. The summed E-state index contributed by atoms with van der Waals surface area (Å²) in [5.41, 5.74) is 7.22. The van der Waals surface area contributed by atoms with Crippen molar-refractivity contribution in [3.63, 3.8) is 0 Å². The smallest absolute Gasteiger partial charge is 0.321 e. The van der Waals surface area contributed by atoms with Crippen molar-refractivity contribution < 1.29 is 14.3 Å². The van der Waals surface area contributed by atoms with E-state index >= 15 is 0 Å².